The zero-order chi connectivity index (χ0) is 48.7. The Morgan fingerprint density at radius 1 is 0.400 bits per heavy atom. The molecule has 0 fully saturated rings. The normalized spacial score (nSPS) is 13.6. The maximum atomic E-state index is 4.69. The average Bonchev–Trinajstić information content (AvgIpc) is 3.25. The van der Waals surface area contributed by atoms with Gasteiger partial charge in [0.25, 0.3) is 0 Å². The van der Waals surface area contributed by atoms with E-state index in [2.05, 4.69) is 127 Å². The Morgan fingerprint density at radius 3 is 0.769 bits per heavy atom. The quantitative estimate of drug-likeness (QED) is 0.0155. The molecule has 0 aromatic heterocycles. The van der Waals surface area contributed by atoms with E-state index in [9.17, 15) is 0 Å². The monoisotopic (exact) mass is 1300 g/mol. The maximum Gasteiger partial charge on any atom is 2.00 e. The van der Waals surface area contributed by atoms with E-state index in [-0.39, 0.29) is 23.1 Å². The van der Waals surface area contributed by atoms with Gasteiger partial charge in [-0.1, -0.05) is 195 Å². The molecule has 2 N–H and O–H groups in total. The van der Waals surface area contributed by atoms with Crippen molar-refractivity contribution in [3.8, 4) is 0 Å². The number of thiocarbonyl (C=S) groups is 3. The Labute approximate surface area is 489 Å². The zero-order valence-electron chi connectivity index (χ0n) is 42.5. The van der Waals surface area contributed by atoms with Crippen LogP contribution in [0.1, 0.15) is 252 Å². The Hall–Kier alpha value is 3.45. The van der Waals surface area contributed by atoms with Gasteiger partial charge in [0.15, 0.2) is 0 Å². The Kier molecular flexibility index (Phi) is 65.4. The van der Waals surface area contributed by atoms with Crippen LogP contribution in [0.25, 0.3) is 0 Å². The van der Waals surface area contributed by atoms with Gasteiger partial charge in [-0.15, -0.1) is 0 Å². The standard InChI is InChI=1S/C40H80Br4P.C7H14N2S4.C3H7NS2.Mg/c1-5-9-13-17-21-25-29-33-37(41)45(38(42)34-30-26-22-18-14-10-6-2,39(43)35-31-27-23-19-15-11-7-3)40(44)36-32-28-24-20-16-12-8-4;10-6(11)8-4-2-1-3-5-9-7(12)13;1-4(2)3(5)6;/h37-40H,5-36H2,1-4H3;1-5H2,(H2,8,10,11)(H2,9,12,13);1-2H3,(H,5,6);/q+1;;;+2/p-3. The summed E-state index contributed by atoms with van der Waals surface area (Å²) in [4.78, 5) is 1.71. The molecule has 0 aliphatic heterocycles. The molecule has 65 heavy (non-hydrogen) atoms. The summed E-state index contributed by atoms with van der Waals surface area (Å²) in [5.41, 5.74) is 0. The molecule has 15 heteroatoms. The van der Waals surface area contributed by atoms with Crippen molar-refractivity contribution in [1.82, 2.24) is 15.5 Å². The number of rotatable bonds is 42. The minimum atomic E-state index is -1.46. The van der Waals surface area contributed by atoms with E-state index in [0.29, 0.717) is 31.2 Å². The number of alkyl halides is 4. The van der Waals surface area contributed by atoms with Gasteiger partial charge in [-0.05, 0) is 134 Å². The number of unbranched alkanes of at least 4 members (excludes halogenated alkanes) is 26. The molecule has 0 spiro atoms. The molecule has 0 saturated heterocycles. The zero-order valence-corrected chi connectivity index (χ0v) is 56.1. The fraction of sp³-hybridized carbons (Fsp3) is 0.940. The van der Waals surface area contributed by atoms with Gasteiger partial charge < -0.3 is 90.1 Å². The molecule has 0 heterocycles. The Balaban J connectivity index is -0.000000767. The van der Waals surface area contributed by atoms with Crippen molar-refractivity contribution in [3.05, 3.63) is 0 Å². The van der Waals surface area contributed by atoms with E-state index in [0.717, 1.165) is 32.4 Å². The van der Waals surface area contributed by atoms with Crippen LogP contribution in [0.15, 0.2) is 0 Å². The molecular weight excluding hydrogens is 1210 g/mol. The molecule has 0 saturated carbocycles. The number of nitrogens with one attached hydrogen (secondary N) is 2. The van der Waals surface area contributed by atoms with Crippen LogP contribution in [0.2, 0.25) is 0 Å². The third-order valence-corrected chi connectivity index (χ3v) is 28.4. The SMILES string of the molecule is CCCCCCCCCC(Br)[P+](C(Br)CCCCCCCCC)(C(Br)CCCCCCCCC)C(Br)CCCCCCCCC.CN(C)C(=S)[S-].S=C([S-])NCCCCCNC(=S)[S-].[Mg+2]. The van der Waals surface area contributed by atoms with E-state index in [1.807, 2.05) is 14.1 Å². The van der Waals surface area contributed by atoms with E-state index >= 15 is 0 Å². The van der Waals surface area contributed by atoms with Crippen LogP contribution in [0, 0.1) is 0 Å². The second kappa shape index (κ2) is 56.7. The first-order valence-electron chi connectivity index (χ1n) is 25.9. The first kappa shape index (κ1) is 75.0. The van der Waals surface area contributed by atoms with Gasteiger partial charge >= 0.3 is 23.1 Å². The van der Waals surface area contributed by atoms with Crippen LogP contribution in [0.5, 0.6) is 0 Å². The Bertz CT molecular complexity index is 926. The fourth-order valence-electron chi connectivity index (χ4n) is 7.83. The summed E-state index contributed by atoms with van der Waals surface area (Å²) in [5, 5.41) is 5.85. The first-order chi connectivity index (χ1) is 30.7. The van der Waals surface area contributed by atoms with E-state index < -0.39 is 7.26 Å². The fourth-order valence-corrected chi connectivity index (χ4v) is 30.1. The third-order valence-electron chi connectivity index (χ3n) is 11.9. The van der Waals surface area contributed by atoms with Crippen molar-refractivity contribution < 1.29 is 0 Å². The molecule has 384 valence electrons. The smallest absolute Gasteiger partial charge is 0.412 e. The minimum absolute atomic E-state index is 0. The van der Waals surface area contributed by atoms with Gasteiger partial charge in [-0.3, -0.25) is 0 Å². The molecule has 0 aliphatic carbocycles. The van der Waals surface area contributed by atoms with E-state index in [1.54, 1.807) is 4.90 Å². The van der Waals surface area contributed by atoms with Crippen molar-refractivity contribution >= 4 is 182 Å². The summed E-state index contributed by atoms with van der Waals surface area (Å²) < 4.78 is 3.95. The van der Waals surface area contributed by atoms with Crippen molar-refractivity contribution in [2.45, 2.75) is 271 Å². The summed E-state index contributed by atoms with van der Waals surface area (Å²) in [6, 6.07) is 0. The van der Waals surface area contributed by atoms with E-state index in [1.165, 1.54) is 205 Å². The van der Waals surface area contributed by atoms with Gasteiger partial charge in [-0.2, -0.15) is 0 Å². The molecule has 4 atom stereocenters. The third kappa shape index (κ3) is 48.2. The second-order valence-electron chi connectivity index (χ2n) is 17.9. The van der Waals surface area contributed by atoms with Crippen molar-refractivity contribution in [2.24, 2.45) is 0 Å². The second-order valence-corrected chi connectivity index (χ2v) is 32.6. The molecule has 0 bridgehead atoms. The predicted octanol–water partition coefficient (Wildman–Crippen LogP) is 19.4. The van der Waals surface area contributed by atoms with Crippen molar-refractivity contribution in [3.63, 3.8) is 0 Å². The predicted molar refractivity (Wildman–Crippen MR) is 337 cm³/mol. The minimum Gasteiger partial charge on any atom is -0.412 e. The van der Waals surface area contributed by atoms with E-state index in [4.69, 9.17) is 49.7 Å². The van der Waals surface area contributed by atoms with Crippen LogP contribution in [0.3, 0.4) is 0 Å². The van der Waals surface area contributed by atoms with Crippen LogP contribution < -0.4 is 10.6 Å². The topological polar surface area (TPSA) is 27.3 Å². The molecule has 0 aliphatic rings. The maximum absolute atomic E-state index is 4.69. The van der Waals surface area contributed by atoms with Crippen molar-refractivity contribution in [2.75, 3.05) is 27.2 Å². The summed E-state index contributed by atoms with van der Waals surface area (Å²) in [6.45, 7) is 11.0. The van der Waals surface area contributed by atoms with Gasteiger partial charge in [0.2, 0.25) is 0 Å². The molecule has 0 rings (SSSR count). The number of hydrogen-bond donors (Lipinski definition) is 2. The molecule has 0 radical (unpaired) electrons. The molecule has 4 unspecified atom stereocenters. The number of hydrogen-bond acceptors (Lipinski definition) is 6. The Morgan fingerprint density at radius 2 is 0.585 bits per heavy atom. The van der Waals surface area contributed by atoms with Crippen LogP contribution in [-0.4, -0.2) is 86.4 Å². The largest absolute Gasteiger partial charge is 2.00 e. The number of nitrogens with zero attached hydrogens (tertiary/aromatic N) is 1. The van der Waals surface area contributed by atoms with Gasteiger partial charge in [0, 0.05) is 27.2 Å². The first-order valence-corrected chi connectivity index (χ1v) is 34.1. The summed E-state index contributed by atoms with van der Waals surface area (Å²) in [7, 11) is 2.20. The summed E-state index contributed by atoms with van der Waals surface area (Å²) in [5.74, 6) is 0. The average molecular weight is 1310 g/mol. The molecule has 3 nitrogen and oxygen atoms in total. The van der Waals surface area contributed by atoms with Crippen LogP contribution >= 0.6 is 108 Å². The van der Waals surface area contributed by atoms with Gasteiger partial charge in [0.1, 0.15) is 18.3 Å². The molecular formula is C50H98Br4MgN3PS6. The number of halogens is 4. The molecule has 0 amide bonds. The summed E-state index contributed by atoms with van der Waals surface area (Å²) in [6.07, 6.45) is 48.0. The van der Waals surface area contributed by atoms with Crippen LogP contribution in [-0.2, 0) is 37.9 Å². The summed E-state index contributed by atoms with van der Waals surface area (Å²) >= 11 is 45.9. The molecule has 0 aromatic carbocycles. The molecule has 0 aromatic rings. The van der Waals surface area contributed by atoms with Crippen LogP contribution in [0.4, 0.5) is 0 Å². The van der Waals surface area contributed by atoms with Gasteiger partial charge in [-0.25, -0.2) is 0 Å². The van der Waals surface area contributed by atoms with Crippen molar-refractivity contribution in [1.29, 1.82) is 0 Å². The van der Waals surface area contributed by atoms with Gasteiger partial charge in [0.05, 0.1) is 7.26 Å².